The number of pyridine rings is 1. The Morgan fingerprint density at radius 1 is 1.17 bits per heavy atom. The molecule has 1 amide bonds. The van der Waals surface area contributed by atoms with Crippen molar-refractivity contribution in [1.82, 2.24) is 4.98 Å². The molecule has 1 aliphatic rings. The molecule has 0 saturated carbocycles. The van der Waals surface area contributed by atoms with E-state index in [0.29, 0.717) is 0 Å². The van der Waals surface area contributed by atoms with Gasteiger partial charge in [-0.15, -0.1) is 0 Å². The molecule has 1 heterocycles. The lowest BCUT2D eigenvalue weighted by molar-refractivity contribution is -0.118. The van der Waals surface area contributed by atoms with E-state index in [1.165, 1.54) is 12.0 Å². The van der Waals surface area contributed by atoms with Gasteiger partial charge in [0.2, 0.25) is 0 Å². The number of aromatic nitrogens is 1. The topological polar surface area (TPSA) is 51.2 Å². The number of rotatable bonds is 4. The van der Waals surface area contributed by atoms with Crippen LogP contribution in [0.1, 0.15) is 35.2 Å². The summed E-state index contributed by atoms with van der Waals surface area (Å²) in [5, 5.41) is 2.95. The lowest BCUT2D eigenvalue weighted by Gasteiger charge is -2.18. The molecule has 0 bridgehead atoms. The van der Waals surface area contributed by atoms with Gasteiger partial charge in [-0.25, -0.2) is 0 Å². The summed E-state index contributed by atoms with van der Waals surface area (Å²) in [7, 11) is 0. The smallest absolute Gasteiger partial charge is 0.262 e. The average Bonchev–Trinajstić information content (AvgIpc) is 2.56. The summed E-state index contributed by atoms with van der Waals surface area (Å²) in [6.07, 6.45) is 6.08. The number of carbonyl (C=O) groups excluding carboxylic acids is 1. The van der Waals surface area contributed by atoms with Crippen molar-refractivity contribution >= 4 is 11.6 Å². The summed E-state index contributed by atoms with van der Waals surface area (Å²) in [4.78, 5) is 16.6. The third-order valence-corrected chi connectivity index (χ3v) is 4.30. The van der Waals surface area contributed by atoms with Gasteiger partial charge in [0.05, 0.1) is 0 Å². The van der Waals surface area contributed by atoms with Gasteiger partial charge in [0.1, 0.15) is 5.75 Å². The molecule has 4 heteroatoms. The Labute approximate surface area is 136 Å². The van der Waals surface area contributed by atoms with Gasteiger partial charge in [-0.3, -0.25) is 9.78 Å². The highest BCUT2D eigenvalue weighted by molar-refractivity contribution is 5.93. The fraction of sp³-hybridized carbons (Fsp3) is 0.368. The molecule has 1 N–H and O–H groups in total. The normalized spacial score (nSPS) is 13.3. The summed E-state index contributed by atoms with van der Waals surface area (Å²) < 4.78 is 5.77. The molecule has 0 radical (unpaired) electrons. The molecular weight excluding hydrogens is 288 g/mol. The molecule has 0 unspecified atom stereocenters. The number of para-hydroxylation sites is 1. The minimum Gasteiger partial charge on any atom is -0.483 e. The average molecular weight is 310 g/mol. The van der Waals surface area contributed by atoms with Crippen LogP contribution in [-0.2, 0) is 17.6 Å². The molecule has 0 spiro atoms. The second-order valence-electron chi connectivity index (χ2n) is 6.05. The Balaban J connectivity index is 1.66. The molecule has 1 aromatic carbocycles. The molecule has 3 rings (SSSR count). The van der Waals surface area contributed by atoms with Crippen LogP contribution in [-0.4, -0.2) is 17.5 Å². The Hall–Kier alpha value is -2.36. The highest BCUT2D eigenvalue weighted by Crippen LogP contribution is 2.28. The number of nitrogens with zero attached hydrogens (tertiary/aromatic N) is 1. The van der Waals surface area contributed by atoms with Gasteiger partial charge in [0.15, 0.2) is 6.61 Å². The zero-order chi connectivity index (χ0) is 16.2. The van der Waals surface area contributed by atoms with Gasteiger partial charge in [-0.1, -0.05) is 18.2 Å². The first-order valence-corrected chi connectivity index (χ1v) is 8.11. The molecule has 23 heavy (non-hydrogen) atoms. The standard InChI is InChI=1S/C19H22N2O2/c1-13-6-5-7-14(2)19(13)21-18(22)12-23-17-10-11-20-16-9-4-3-8-15(16)17/h5-7,10-11H,3-4,8-9,12H2,1-2H3,(H,21,22). The summed E-state index contributed by atoms with van der Waals surface area (Å²) in [5.41, 5.74) is 5.26. The number of hydrogen-bond acceptors (Lipinski definition) is 3. The number of hydrogen-bond donors (Lipinski definition) is 1. The van der Waals surface area contributed by atoms with E-state index in [1.807, 2.05) is 38.1 Å². The predicted octanol–water partition coefficient (Wildman–Crippen LogP) is 3.59. The van der Waals surface area contributed by atoms with E-state index in [2.05, 4.69) is 10.3 Å². The number of carbonyl (C=O) groups is 1. The van der Waals surface area contributed by atoms with Crippen molar-refractivity contribution in [2.75, 3.05) is 11.9 Å². The molecule has 0 atom stereocenters. The molecule has 1 aromatic heterocycles. The Morgan fingerprint density at radius 3 is 2.70 bits per heavy atom. The van der Waals surface area contributed by atoms with Crippen LogP contribution in [0.15, 0.2) is 30.5 Å². The maximum absolute atomic E-state index is 12.2. The number of ether oxygens (including phenoxy) is 1. The molecule has 0 aliphatic heterocycles. The Morgan fingerprint density at radius 2 is 1.91 bits per heavy atom. The first kappa shape index (κ1) is 15.5. The van der Waals surface area contributed by atoms with Gasteiger partial charge in [-0.2, -0.15) is 0 Å². The highest BCUT2D eigenvalue weighted by atomic mass is 16.5. The van der Waals surface area contributed by atoms with Crippen molar-refractivity contribution in [3.63, 3.8) is 0 Å². The van der Waals surface area contributed by atoms with Crippen molar-refractivity contribution in [2.24, 2.45) is 0 Å². The van der Waals surface area contributed by atoms with Crippen LogP contribution in [0.2, 0.25) is 0 Å². The molecule has 120 valence electrons. The van der Waals surface area contributed by atoms with Gasteiger partial charge < -0.3 is 10.1 Å². The third-order valence-electron chi connectivity index (χ3n) is 4.30. The molecule has 0 fully saturated rings. The van der Waals surface area contributed by atoms with Gasteiger partial charge in [-0.05, 0) is 56.7 Å². The van der Waals surface area contributed by atoms with Crippen molar-refractivity contribution < 1.29 is 9.53 Å². The SMILES string of the molecule is Cc1cccc(C)c1NC(=O)COc1ccnc2c1CCCC2. The summed E-state index contributed by atoms with van der Waals surface area (Å²) in [6, 6.07) is 7.82. The maximum atomic E-state index is 12.2. The van der Waals surface area contributed by atoms with Crippen LogP contribution in [0.5, 0.6) is 5.75 Å². The summed E-state index contributed by atoms with van der Waals surface area (Å²) in [5.74, 6) is 0.662. The number of nitrogens with one attached hydrogen (secondary N) is 1. The second-order valence-corrected chi connectivity index (χ2v) is 6.05. The van der Waals surface area contributed by atoms with Crippen molar-refractivity contribution in [2.45, 2.75) is 39.5 Å². The summed E-state index contributed by atoms with van der Waals surface area (Å²) in [6.45, 7) is 4.00. The van der Waals surface area contributed by atoms with E-state index in [9.17, 15) is 4.79 Å². The number of anilines is 1. The minimum absolute atomic E-state index is 0.0181. The van der Waals surface area contributed by atoms with Gasteiger partial charge in [0, 0.05) is 23.1 Å². The molecular formula is C19H22N2O2. The Bertz CT molecular complexity index is 705. The zero-order valence-electron chi connectivity index (χ0n) is 13.7. The lowest BCUT2D eigenvalue weighted by atomic mass is 9.95. The van der Waals surface area contributed by atoms with Crippen molar-refractivity contribution in [3.05, 3.63) is 52.8 Å². The fourth-order valence-electron chi connectivity index (χ4n) is 3.06. The van der Waals surface area contributed by atoms with E-state index in [0.717, 1.165) is 47.5 Å². The van der Waals surface area contributed by atoms with Crippen LogP contribution < -0.4 is 10.1 Å². The van der Waals surface area contributed by atoms with E-state index in [4.69, 9.17) is 4.74 Å². The monoisotopic (exact) mass is 310 g/mol. The molecule has 4 nitrogen and oxygen atoms in total. The molecule has 1 aliphatic carbocycles. The number of benzene rings is 1. The summed E-state index contributed by atoms with van der Waals surface area (Å²) >= 11 is 0. The van der Waals surface area contributed by atoms with E-state index in [-0.39, 0.29) is 12.5 Å². The quantitative estimate of drug-likeness (QED) is 0.939. The first-order chi connectivity index (χ1) is 11.1. The van der Waals surface area contributed by atoms with Gasteiger partial charge in [0.25, 0.3) is 5.91 Å². The fourth-order valence-corrected chi connectivity index (χ4v) is 3.06. The minimum atomic E-state index is -0.135. The Kier molecular flexibility index (Phi) is 4.60. The van der Waals surface area contributed by atoms with Crippen LogP contribution in [0, 0.1) is 13.8 Å². The highest BCUT2D eigenvalue weighted by Gasteiger charge is 2.16. The second kappa shape index (κ2) is 6.82. The number of aryl methyl sites for hydroxylation is 3. The lowest BCUT2D eigenvalue weighted by Crippen LogP contribution is -2.22. The predicted molar refractivity (Wildman–Crippen MR) is 90.9 cm³/mol. The van der Waals surface area contributed by atoms with Crippen LogP contribution >= 0.6 is 0 Å². The van der Waals surface area contributed by atoms with Crippen LogP contribution in [0.4, 0.5) is 5.69 Å². The van der Waals surface area contributed by atoms with Gasteiger partial charge >= 0.3 is 0 Å². The van der Waals surface area contributed by atoms with Crippen LogP contribution in [0.3, 0.4) is 0 Å². The maximum Gasteiger partial charge on any atom is 0.262 e. The van der Waals surface area contributed by atoms with E-state index < -0.39 is 0 Å². The molecule has 2 aromatic rings. The van der Waals surface area contributed by atoms with E-state index in [1.54, 1.807) is 6.20 Å². The van der Waals surface area contributed by atoms with Crippen molar-refractivity contribution in [3.8, 4) is 5.75 Å². The third kappa shape index (κ3) is 3.52. The zero-order valence-corrected chi connectivity index (χ0v) is 13.7. The largest absolute Gasteiger partial charge is 0.483 e. The molecule has 0 saturated heterocycles. The van der Waals surface area contributed by atoms with Crippen LogP contribution in [0.25, 0.3) is 0 Å². The van der Waals surface area contributed by atoms with Crippen molar-refractivity contribution in [1.29, 1.82) is 0 Å². The first-order valence-electron chi connectivity index (χ1n) is 8.11. The number of fused-ring (bicyclic) bond motifs is 1. The number of amides is 1. The van der Waals surface area contributed by atoms with E-state index >= 15 is 0 Å².